The van der Waals surface area contributed by atoms with E-state index in [9.17, 15) is 14.8 Å². The molecule has 24 heavy (non-hydrogen) atoms. The van der Waals surface area contributed by atoms with Crippen LogP contribution in [-0.4, -0.2) is 49.1 Å². The molecule has 0 saturated heterocycles. The normalized spacial score (nSPS) is 11.9. The van der Waals surface area contributed by atoms with E-state index in [1.807, 2.05) is 0 Å². The molecule has 2 rings (SSSR count). The van der Waals surface area contributed by atoms with Gasteiger partial charge in [-0.2, -0.15) is 0 Å². The maximum Gasteiger partial charge on any atom is 0.243 e. The summed E-state index contributed by atoms with van der Waals surface area (Å²) in [5.74, 6) is -0.511. The second-order valence-corrected chi connectivity index (χ2v) is 5.36. The zero-order valence-electron chi connectivity index (χ0n) is 13.4. The van der Waals surface area contributed by atoms with Crippen LogP contribution in [0.1, 0.15) is 32.6 Å². The summed E-state index contributed by atoms with van der Waals surface area (Å²) in [5.41, 5.74) is 6.31. The fourth-order valence-corrected chi connectivity index (χ4v) is 2.29. The molecule has 2 aromatic rings. The molecule has 10 heteroatoms. The quantitative estimate of drug-likeness (QED) is 0.218. The molecular formula is C14H21N7O3. The summed E-state index contributed by atoms with van der Waals surface area (Å²) in [4.78, 5) is 37.9. The lowest BCUT2D eigenvalue weighted by Crippen LogP contribution is -2.40. The second kappa shape index (κ2) is 8.77. The van der Waals surface area contributed by atoms with Crippen molar-refractivity contribution in [2.24, 2.45) is 5.92 Å². The molecule has 0 aliphatic heterocycles. The maximum absolute atomic E-state index is 12.3. The second-order valence-electron chi connectivity index (χ2n) is 5.36. The molecule has 2 heterocycles. The van der Waals surface area contributed by atoms with E-state index in [-0.39, 0.29) is 18.9 Å². The van der Waals surface area contributed by atoms with Crippen LogP contribution in [0.2, 0.25) is 0 Å². The Labute approximate surface area is 138 Å². The predicted molar refractivity (Wildman–Crippen MR) is 85.6 cm³/mol. The van der Waals surface area contributed by atoms with E-state index >= 15 is 0 Å². The van der Waals surface area contributed by atoms with E-state index in [0.717, 1.165) is 19.3 Å². The highest BCUT2D eigenvalue weighted by molar-refractivity contribution is 5.85. The Morgan fingerprint density at radius 3 is 3.00 bits per heavy atom. The number of amides is 2. The van der Waals surface area contributed by atoms with Crippen LogP contribution < -0.4 is 10.9 Å². The van der Waals surface area contributed by atoms with Crippen LogP contribution >= 0.6 is 0 Å². The van der Waals surface area contributed by atoms with Gasteiger partial charge in [-0.25, -0.2) is 20.0 Å². The van der Waals surface area contributed by atoms with Crippen molar-refractivity contribution < 1.29 is 14.8 Å². The first-order valence-electron chi connectivity index (χ1n) is 7.76. The lowest BCUT2D eigenvalue weighted by molar-refractivity contribution is -0.154. The topological polar surface area (TPSA) is 136 Å². The Morgan fingerprint density at radius 1 is 1.42 bits per heavy atom. The molecule has 0 aliphatic rings. The van der Waals surface area contributed by atoms with Gasteiger partial charge in [-0.1, -0.05) is 26.2 Å². The highest BCUT2D eigenvalue weighted by Gasteiger charge is 2.21. The number of nitrogens with zero attached hydrogens (tertiary/aromatic N) is 4. The molecule has 4 N–H and O–H groups in total. The van der Waals surface area contributed by atoms with Crippen molar-refractivity contribution in [2.45, 2.75) is 32.6 Å². The Morgan fingerprint density at radius 2 is 2.25 bits per heavy atom. The van der Waals surface area contributed by atoms with E-state index in [4.69, 9.17) is 0 Å². The molecule has 0 radical (unpaired) electrons. The predicted octanol–water partition coefficient (Wildman–Crippen LogP) is 0.840. The zero-order valence-corrected chi connectivity index (χ0v) is 13.4. The van der Waals surface area contributed by atoms with Crippen molar-refractivity contribution in [2.75, 3.05) is 12.0 Å². The first kappa shape index (κ1) is 17.6. The molecule has 0 spiro atoms. The summed E-state index contributed by atoms with van der Waals surface area (Å²) >= 11 is 0. The number of aromatic nitrogens is 4. The van der Waals surface area contributed by atoms with Gasteiger partial charge in [0.2, 0.25) is 12.3 Å². The van der Waals surface area contributed by atoms with Gasteiger partial charge in [-0.05, 0) is 6.42 Å². The third-order valence-electron chi connectivity index (χ3n) is 3.58. The molecule has 0 aliphatic carbocycles. The molecule has 0 fully saturated rings. The third kappa shape index (κ3) is 4.62. The van der Waals surface area contributed by atoms with Gasteiger partial charge in [0.25, 0.3) is 0 Å². The Bertz CT molecular complexity index is 675. The molecule has 130 valence electrons. The van der Waals surface area contributed by atoms with Crippen molar-refractivity contribution in [3.05, 3.63) is 12.7 Å². The number of carbonyl (C=O) groups excluding carboxylic acids is 2. The summed E-state index contributed by atoms with van der Waals surface area (Å²) < 4.78 is 0. The van der Waals surface area contributed by atoms with Gasteiger partial charge in [0, 0.05) is 0 Å². The molecule has 0 unspecified atom stereocenters. The molecule has 10 nitrogen and oxygen atoms in total. The fourth-order valence-electron chi connectivity index (χ4n) is 2.29. The van der Waals surface area contributed by atoms with Gasteiger partial charge >= 0.3 is 0 Å². The van der Waals surface area contributed by atoms with Crippen molar-refractivity contribution in [3.63, 3.8) is 0 Å². The average molecular weight is 335 g/mol. The first-order valence-corrected chi connectivity index (χ1v) is 7.76. The van der Waals surface area contributed by atoms with Crippen molar-refractivity contribution in [3.8, 4) is 0 Å². The minimum absolute atomic E-state index is 0.0671. The van der Waals surface area contributed by atoms with Crippen LogP contribution in [0.3, 0.4) is 0 Å². The molecule has 0 aromatic carbocycles. The summed E-state index contributed by atoms with van der Waals surface area (Å²) in [6.45, 7) is 1.99. The number of rotatable bonds is 10. The number of H-pyrrole nitrogens is 1. The number of anilines is 1. The summed E-state index contributed by atoms with van der Waals surface area (Å²) in [6.07, 6.45) is 6.49. The lowest BCUT2D eigenvalue weighted by Gasteiger charge is -2.19. The number of hydrogen-bond donors (Lipinski definition) is 4. The average Bonchev–Trinajstić information content (AvgIpc) is 3.08. The van der Waals surface area contributed by atoms with Gasteiger partial charge in [-0.15, -0.1) is 0 Å². The lowest BCUT2D eigenvalue weighted by atomic mass is 10.0. The number of fused-ring (bicyclic) bond motifs is 1. The monoisotopic (exact) mass is 335 g/mol. The smallest absolute Gasteiger partial charge is 0.243 e. The van der Waals surface area contributed by atoms with Gasteiger partial charge < -0.3 is 4.98 Å². The van der Waals surface area contributed by atoms with Crippen LogP contribution in [0.4, 0.5) is 5.82 Å². The van der Waals surface area contributed by atoms with Crippen molar-refractivity contribution in [1.29, 1.82) is 0 Å². The SMILES string of the molecule is CCCCC[C@@H](CN(O)C=O)C(=O)NNc1ncnc2[nH]cnc12. The molecule has 0 bridgehead atoms. The van der Waals surface area contributed by atoms with Crippen LogP contribution in [0.15, 0.2) is 12.7 Å². The van der Waals surface area contributed by atoms with E-state index in [1.54, 1.807) is 0 Å². The number of aromatic amines is 1. The summed E-state index contributed by atoms with van der Waals surface area (Å²) in [6, 6.07) is 0. The zero-order chi connectivity index (χ0) is 17.4. The van der Waals surface area contributed by atoms with Crippen LogP contribution in [0.5, 0.6) is 0 Å². The molecule has 1 atom stereocenters. The van der Waals surface area contributed by atoms with Gasteiger partial charge in [0.15, 0.2) is 17.0 Å². The van der Waals surface area contributed by atoms with E-state index in [2.05, 4.69) is 37.7 Å². The van der Waals surface area contributed by atoms with Gasteiger partial charge in [0.05, 0.1) is 18.8 Å². The van der Waals surface area contributed by atoms with Crippen molar-refractivity contribution >= 4 is 29.3 Å². The van der Waals surface area contributed by atoms with E-state index in [0.29, 0.717) is 28.5 Å². The number of hydrazine groups is 1. The largest absolute Gasteiger partial charge is 0.329 e. The number of nitrogens with one attached hydrogen (secondary N) is 3. The minimum atomic E-state index is -0.532. The molecule has 2 aromatic heterocycles. The van der Waals surface area contributed by atoms with Crippen LogP contribution in [-0.2, 0) is 9.59 Å². The first-order chi connectivity index (χ1) is 11.7. The Kier molecular flexibility index (Phi) is 6.43. The molecule has 0 saturated carbocycles. The summed E-state index contributed by atoms with van der Waals surface area (Å²) in [5, 5.41) is 9.84. The molecular weight excluding hydrogens is 314 g/mol. The highest BCUT2D eigenvalue weighted by Crippen LogP contribution is 2.14. The summed E-state index contributed by atoms with van der Waals surface area (Å²) in [7, 11) is 0. The fraction of sp³-hybridized carbons (Fsp3) is 0.500. The third-order valence-corrected chi connectivity index (χ3v) is 3.58. The highest BCUT2D eigenvalue weighted by atomic mass is 16.5. The molecule has 2 amide bonds. The van der Waals surface area contributed by atoms with E-state index < -0.39 is 5.92 Å². The van der Waals surface area contributed by atoms with E-state index in [1.165, 1.54) is 12.7 Å². The number of carbonyl (C=O) groups is 2. The number of hydrogen-bond acceptors (Lipinski definition) is 7. The van der Waals surface area contributed by atoms with Gasteiger partial charge in [-0.3, -0.25) is 25.6 Å². The van der Waals surface area contributed by atoms with Gasteiger partial charge in [0.1, 0.15) is 6.33 Å². The van der Waals surface area contributed by atoms with Crippen molar-refractivity contribution in [1.82, 2.24) is 30.4 Å². The Hall–Kier alpha value is -2.75. The Balaban J connectivity index is 1.98. The van der Waals surface area contributed by atoms with Crippen LogP contribution in [0, 0.1) is 5.92 Å². The van der Waals surface area contributed by atoms with Crippen LogP contribution in [0.25, 0.3) is 11.2 Å². The number of hydroxylamine groups is 2. The standard InChI is InChI=1S/C14H21N7O3/c1-2-3-4-5-10(6-21(24)9-22)14(23)20-19-13-11-12(16-7-15-11)17-8-18-13/h7-10,24H,2-6H2,1H3,(H,20,23)(H2,15,16,17,18,19)/t10-/m0/s1. The minimum Gasteiger partial charge on any atom is -0.329 e. The maximum atomic E-state index is 12.3. The number of unbranched alkanes of at least 4 members (excludes halogenated alkanes) is 2. The number of imidazole rings is 1.